The van der Waals surface area contributed by atoms with Crippen molar-refractivity contribution in [2.45, 2.75) is 19.4 Å². The zero-order valence-electron chi connectivity index (χ0n) is 27.5. The molecule has 1 N–H and O–H groups in total. The molecule has 0 aliphatic heterocycles. The van der Waals surface area contributed by atoms with Crippen LogP contribution in [-0.4, -0.2) is 24.1 Å². The number of benzene rings is 4. The van der Waals surface area contributed by atoms with Gasteiger partial charge in [-0.1, -0.05) is 147 Å². The minimum Gasteiger partial charge on any atom is -0.855 e. The second kappa shape index (κ2) is 33.2. The molecule has 0 amide bonds. The van der Waals surface area contributed by atoms with Crippen LogP contribution < -0.4 is 61.7 Å². The smallest absolute Gasteiger partial charge is 0.855 e. The number of ketones is 1. The summed E-state index contributed by atoms with van der Waals surface area (Å²) in [4.78, 5) is 11.8. The molecule has 0 saturated carbocycles. The first-order valence-corrected chi connectivity index (χ1v) is 12.8. The zero-order chi connectivity index (χ0) is 30.1. The van der Waals surface area contributed by atoms with Gasteiger partial charge >= 0.3 is 56.6 Å². The fourth-order valence-corrected chi connectivity index (χ4v) is 3.25. The average Bonchev–Trinajstić information content (AvgIpc) is 3.04. The van der Waals surface area contributed by atoms with Crippen molar-refractivity contribution >= 4 is 5.78 Å². The molecule has 44 heavy (non-hydrogen) atoms. The summed E-state index contributed by atoms with van der Waals surface area (Å²) < 4.78 is 4.60. The first-order valence-electron chi connectivity index (χ1n) is 12.8. The van der Waals surface area contributed by atoms with E-state index in [4.69, 9.17) is 5.11 Å². The molecule has 4 nitrogen and oxygen atoms in total. The number of carbonyl (C=O) groups excluding carboxylic acids is 1. The van der Waals surface area contributed by atoms with Gasteiger partial charge in [0.1, 0.15) is 5.60 Å². The zero-order valence-corrected chi connectivity index (χ0v) is 27.5. The molecule has 0 spiro atoms. The molecule has 0 fully saturated rings. The van der Waals surface area contributed by atoms with Crippen LogP contribution in [0.25, 0.3) is 0 Å². The Morgan fingerprint density at radius 3 is 1.20 bits per heavy atom. The Bertz CT molecular complexity index is 1110. The van der Waals surface area contributed by atoms with E-state index < -0.39 is 5.60 Å². The molecule has 0 bridgehead atoms. The number of hydrogen-bond donors (Lipinski definition) is 1. The summed E-state index contributed by atoms with van der Waals surface area (Å²) in [6.07, 6.45) is 3.00. The van der Waals surface area contributed by atoms with Crippen LogP contribution in [0.15, 0.2) is 153 Å². The van der Waals surface area contributed by atoms with Crippen molar-refractivity contribution in [2.24, 2.45) is 0 Å². The predicted molar refractivity (Wildman–Crippen MR) is 171 cm³/mol. The number of aliphatic hydroxyl groups is 1. The van der Waals surface area contributed by atoms with E-state index in [2.05, 4.69) is 31.1 Å². The van der Waals surface area contributed by atoms with Crippen molar-refractivity contribution < 1.29 is 76.3 Å². The van der Waals surface area contributed by atoms with Crippen LogP contribution in [-0.2, 0) is 10.3 Å². The molecule has 4 aromatic rings. The standard InChI is InChI=1S/C15H14O.C13H10O.C4H8O.C2H5O.C2H3.CH3.3Li/c1-2-15(16,13-9-5-3-6-10-13)14-11-7-4-8-12-14;14-13(11-7-3-1-4-8-11)12-9-5-2-6-10-12;1-3-5-4-2;1-2-3;1-2;;;;/h2-12,16H,1H2;1-10H;3H,1,4H2,2H3;2H2,1H3;1H,2H2;1H3;;;/q;;;3*-1;3*+1. The maximum atomic E-state index is 11.8. The van der Waals surface area contributed by atoms with Crippen LogP contribution in [0.4, 0.5) is 0 Å². The number of ether oxygens (including phenoxy) is 1. The van der Waals surface area contributed by atoms with Gasteiger partial charge < -0.3 is 29.0 Å². The Balaban J connectivity index is -0.000000167. The van der Waals surface area contributed by atoms with Gasteiger partial charge in [-0.05, 0) is 18.1 Å². The van der Waals surface area contributed by atoms with Crippen LogP contribution in [0.1, 0.15) is 40.9 Å². The van der Waals surface area contributed by atoms with E-state index in [-0.39, 0.29) is 76.4 Å². The number of carbonyl (C=O) groups is 1. The van der Waals surface area contributed by atoms with E-state index in [9.17, 15) is 9.90 Å². The van der Waals surface area contributed by atoms with Gasteiger partial charge in [-0.2, -0.15) is 0 Å². The molecular weight excluding hydrogens is 529 g/mol. The van der Waals surface area contributed by atoms with Gasteiger partial charge in [0.25, 0.3) is 0 Å². The molecule has 7 heteroatoms. The van der Waals surface area contributed by atoms with Crippen molar-refractivity contribution in [1.29, 1.82) is 0 Å². The van der Waals surface area contributed by atoms with Gasteiger partial charge in [0.05, 0.1) is 12.9 Å². The van der Waals surface area contributed by atoms with Gasteiger partial charge in [0.15, 0.2) is 5.78 Å². The monoisotopic (exact) mass is 572 g/mol. The first kappa shape index (κ1) is 50.9. The molecule has 4 aromatic carbocycles. The Labute approximate surface area is 302 Å². The topological polar surface area (TPSA) is 69.6 Å². The predicted octanol–water partition coefficient (Wildman–Crippen LogP) is -1.37. The van der Waals surface area contributed by atoms with Gasteiger partial charge in [-0.25, -0.2) is 0 Å². The third-order valence-corrected chi connectivity index (χ3v) is 5.08. The maximum Gasteiger partial charge on any atom is 1.00 e. The summed E-state index contributed by atoms with van der Waals surface area (Å²) in [7, 11) is 0. The maximum absolute atomic E-state index is 11.8. The van der Waals surface area contributed by atoms with E-state index in [1.54, 1.807) is 13.0 Å². The largest absolute Gasteiger partial charge is 1.00 e. The molecule has 218 valence electrons. The van der Waals surface area contributed by atoms with E-state index in [1.165, 1.54) is 6.26 Å². The Kier molecular flexibility index (Phi) is 38.4. The summed E-state index contributed by atoms with van der Waals surface area (Å²) in [5.41, 5.74) is 2.02. The Morgan fingerprint density at radius 1 is 0.727 bits per heavy atom. The van der Waals surface area contributed by atoms with Crippen LogP contribution >= 0.6 is 0 Å². The van der Waals surface area contributed by atoms with Crippen molar-refractivity contribution in [3.05, 3.63) is 190 Å². The summed E-state index contributed by atoms with van der Waals surface area (Å²) in [5.74, 6) is 0.0752. The third-order valence-electron chi connectivity index (χ3n) is 5.08. The Hall–Kier alpha value is -2.72. The molecular formula is C37H43Li3O4. The summed E-state index contributed by atoms with van der Waals surface area (Å²) in [6.45, 7) is 18.3. The van der Waals surface area contributed by atoms with Crippen molar-refractivity contribution in [1.82, 2.24) is 0 Å². The fraction of sp³-hybridized carbons (Fsp3) is 0.135. The van der Waals surface area contributed by atoms with E-state index >= 15 is 0 Å². The molecule has 0 radical (unpaired) electrons. The summed E-state index contributed by atoms with van der Waals surface area (Å²) in [5, 5.41) is 19.6. The van der Waals surface area contributed by atoms with Gasteiger partial charge in [0, 0.05) is 11.1 Å². The molecule has 0 atom stereocenters. The average molecular weight is 573 g/mol. The van der Waals surface area contributed by atoms with Gasteiger partial charge in [-0.15, -0.1) is 6.61 Å². The third kappa shape index (κ3) is 19.5. The molecule has 0 aliphatic carbocycles. The Morgan fingerprint density at radius 2 is 1.00 bits per heavy atom. The molecule has 0 aliphatic rings. The second-order valence-electron chi connectivity index (χ2n) is 7.67. The summed E-state index contributed by atoms with van der Waals surface area (Å²) >= 11 is 0. The molecule has 0 aromatic heterocycles. The molecule has 4 rings (SSSR count). The summed E-state index contributed by atoms with van der Waals surface area (Å²) in [6, 6.07) is 37.7. The van der Waals surface area contributed by atoms with E-state index in [0.717, 1.165) is 28.9 Å². The van der Waals surface area contributed by atoms with Gasteiger partial charge in [0.2, 0.25) is 0 Å². The van der Waals surface area contributed by atoms with Crippen molar-refractivity contribution in [3.8, 4) is 0 Å². The molecule has 0 heterocycles. The van der Waals surface area contributed by atoms with Crippen molar-refractivity contribution in [3.63, 3.8) is 0 Å². The van der Waals surface area contributed by atoms with Crippen LogP contribution in [0.5, 0.6) is 0 Å². The minimum absolute atomic E-state index is 0. The normalized spacial score (nSPS) is 8.36. The minimum atomic E-state index is -1.11. The van der Waals surface area contributed by atoms with E-state index in [0.29, 0.717) is 0 Å². The second-order valence-corrected chi connectivity index (χ2v) is 7.67. The molecule has 0 saturated heterocycles. The van der Waals surface area contributed by atoms with Crippen molar-refractivity contribution in [2.75, 3.05) is 13.2 Å². The van der Waals surface area contributed by atoms with Gasteiger partial charge in [-0.3, -0.25) is 11.4 Å². The van der Waals surface area contributed by atoms with Crippen LogP contribution in [0, 0.1) is 14.0 Å². The fourth-order valence-electron chi connectivity index (χ4n) is 3.25. The quantitative estimate of drug-likeness (QED) is 0.0976. The van der Waals surface area contributed by atoms with E-state index in [1.807, 2.05) is 128 Å². The van der Waals surface area contributed by atoms with Crippen LogP contribution in [0.3, 0.4) is 0 Å². The number of hydrogen-bond acceptors (Lipinski definition) is 4. The molecule has 0 unspecified atom stereocenters. The SMILES string of the molecule is C=CC(O)(c1ccccc1)c1ccccc1.C=COCC.CC[O-].O=C(c1ccccc1)c1ccccc1.[CH-]=C.[CH3-].[Li+].[Li+].[Li+]. The first-order chi connectivity index (χ1) is 19.5. The van der Waals surface area contributed by atoms with Crippen LogP contribution in [0.2, 0.25) is 0 Å². The number of rotatable bonds is 7.